The lowest BCUT2D eigenvalue weighted by molar-refractivity contribution is -0.732. The van der Waals surface area contributed by atoms with Crippen LogP contribution in [0, 0.1) is 11.8 Å². The van der Waals surface area contributed by atoms with Crippen molar-refractivity contribution in [2.45, 2.75) is 24.4 Å². The third kappa shape index (κ3) is 2.46. The molecule has 4 amide bonds. The summed E-state index contributed by atoms with van der Waals surface area (Å²) < 4.78 is 5.02. The Morgan fingerprint density at radius 3 is 2.75 bits per heavy atom. The first-order chi connectivity index (χ1) is 13.4. The lowest BCUT2D eigenvalue weighted by Gasteiger charge is -2.26. The van der Waals surface area contributed by atoms with Crippen LogP contribution in [0.5, 0.6) is 0 Å². The maximum absolute atomic E-state index is 13.3. The number of nitrogens with one attached hydrogen (secondary N) is 1. The average molecular weight is 387 g/mol. The Morgan fingerprint density at radius 1 is 1.29 bits per heavy atom. The fourth-order valence-electron chi connectivity index (χ4n) is 4.99. The SMILES string of the molecule is COCCCN1C(=O)[C@@H]2[C@H](CC(N)=O)[NH2+][C@@]3(C(=O)Nc4ccccc43)[C@@H]2C1=O. The molecule has 9 heteroatoms. The van der Waals surface area contributed by atoms with Gasteiger partial charge in [-0.25, -0.2) is 0 Å². The van der Waals surface area contributed by atoms with Crippen LogP contribution in [0.2, 0.25) is 0 Å². The van der Waals surface area contributed by atoms with Crippen LogP contribution in [0.15, 0.2) is 24.3 Å². The summed E-state index contributed by atoms with van der Waals surface area (Å²) >= 11 is 0. The Hall–Kier alpha value is -2.78. The van der Waals surface area contributed by atoms with E-state index >= 15 is 0 Å². The maximum atomic E-state index is 13.3. The third-order valence-corrected chi connectivity index (χ3v) is 6.03. The van der Waals surface area contributed by atoms with Crippen molar-refractivity contribution < 1.29 is 29.2 Å². The van der Waals surface area contributed by atoms with Crippen LogP contribution in [0.1, 0.15) is 18.4 Å². The van der Waals surface area contributed by atoms with Crippen LogP contribution >= 0.6 is 0 Å². The second-order valence-electron chi connectivity index (χ2n) is 7.55. The van der Waals surface area contributed by atoms with Gasteiger partial charge in [-0.1, -0.05) is 18.2 Å². The molecule has 0 aliphatic carbocycles. The lowest BCUT2D eigenvalue weighted by Crippen LogP contribution is -2.99. The summed E-state index contributed by atoms with van der Waals surface area (Å²) in [5.41, 5.74) is 5.43. The van der Waals surface area contributed by atoms with Crippen molar-refractivity contribution in [2.24, 2.45) is 17.6 Å². The minimum atomic E-state index is -1.26. The maximum Gasteiger partial charge on any atom is 0.291 e. The van der Waals surface area contributed by atoms with E-state index in [1.165, 1.54) is 4.90 Å². The number of rotatable bonds is 6. The fourth-order valence-corrected chi connectivity index (χ4v) is 4.99. The molecular weight excluding hydrogens is 364 g/mol. The van der Waals surface area contributed by atoms with E-state index in [0.717, 1.165) is 0 Å². The number of imide groups is 1. The lowest BCUT2D eigenvalue weighted by atomic mass is 9.76. The molecule has 1 aromatic rings. The molecule has 2 fully saturated rings. The number of fused-ring (bicyclic) bond motifs is 4. The molecule has 0 unspecified atom stereocenters. The van der Waals surface area contributed by atoms with Gasteiger partial charge in [0, 0.05) is 25.8 Å². The molecule has 0 saturated carbocycles. The van der Waals surface area contributed by atoms with Gasteiger partial charge in [0.05, 0.1) is 12.1 Å². The van der Waals surface area contributed by atoms with E-state index < -0.39 is 29.3 Å². The second-order valence-corrected chi connectivity index (χ2v) is 7.55. The Kier molecular flexibility index (Phi) is 4.43. The number of carbonyl (C=O) groups is 4. The topological polar surface area (TPSA) is 135 Å². The van der Waals surface area contributed by atoms with Gasteiger partial charge >= 0.3 is 0 Å². The first-order valence-corrected chi connectivity index (χ1v) is 9.31. The Morgan fingerprint density at radius 2 is 2.04 bits per heavy atom. The van der Waals surface area contributed by atoms with E-state index in [-0.39, 0.29) is 30.7 Å². The van der Waals surface area contributed by atoms with Gasteiger partial charge in [-0.3, -0.25) is 24.1 Å². The normalized spacial score (nSPS) is 30.7. The molecule has 5 N–H and O–H groups in total. The van der Waals surface area contributed by atoms with Crippen LogP contribution in [0.3, 0.4) is 0 Å². The number of hydrogen-bond acceptors (Lipinski definition) is 5. The summed E-state index contributed by atoms with van der Waals surface area (Å²) in [6.45, 7) is 0.638. The highest BCUT2D eigenvalue weighted by atomic mass is 16.5. The van der Waals surface area contributed by atoms with E-state index in [0.29, 0.717) is 24.3 Å². The number of ether oxygens (including phenoxy) is 1. The number of carbonyl (C=O) groups excluding carboxylic acids is 4. The summed E-state index contributed by atoms with van der Waals surface area (Å²) in [4.78, 5) is 52.3. The largest absolute Gasteiger partial charge is 0.385 e. The number of para-hydroxylation sites is 1. The number of methoxy groups -OCH3 is 1. The van der Waals surface area contributed by atoms with E-state index in [1.54, 1.807) is 36.7 Å². The molecule has 0 aromatic heterocycles. The van der Waals surface area contributed by atoms with Gasteiger partial charge in [0.2, 0.25) is 23.3 Å². The zero-order chi connectivity index (χ0) is 20.1. The van der Waals surface area contributed by atoms with Gasteiger partial charge in [-0.15, -0.1) is 0 Å². The van der Waals surface area contributed by atoms with Crippen molar-refractivity contribution >= 4 is 29.3 Å². The van der Waals surface area contributed by atoms with Gasteiger partial charge in [0.1, 0.15) is 17.9 Å². The van der Waals surface area contributed by atoms with Crippen LogP contribution in [0.25, 0.3) is 0 Å². The summed E-state index contributed by atoms with van der Waals surface area (Å²) in [7, 11) is 1.55. The standard InChI is InChI=1S/C19H22N4O5/c1-28-8-4-7-23-16(25)14-12(9-13(20)24)22-19(15(14)17(23)26)10-5-2-3-6-11(10)21-18(19)27/h2-3,5-6,12,14-15,22H,4,7-9H2,1H3,(H2,20,24)(H,21,27)/p+1/t12-,14+,15-,19+/m0/s1. The van der Waals surface area contributed by atoms with Crippen molar-refractivity contribution in [2.75, 3.05) is 25.6 Å². The average Bonchev–Trinajstić information content (AvgIpc) is 3.22. The molecule has 148 valence electrons. The number of hydrogen-bond donors (Lipinski definition) is 3. The molecule has 4 atom stereocenters. The van der Waals surface area contributed by atoms with Crippen molar-refractivity contribution in [3.63, 3.8) is 0 Å². The molecule has 0 bridgehead atoms. The molecule has 1 aromatic carbocycles. The first-order valence-electron chi connectivity index (χ1n) is 9.31. The Bertz CT molecular complexity index is 872. The highest BCUT2D eigenvalue weighted by molar-refractivity contribution is 6.14. The number of anilines is 1. The molecule has 0 radical (unpaired) electrons. The molecule has 3 aliphatic heterocycles. The summed E-state index contributed by atoms with van der Waals surface area (Å²) in [6.07, 6.45) is 0.427. The zero-order valence-electron chi connectivity index (χ0n) is 15.5. The Balaban J connectivity index is 1.78. The number of amides is 4. The summed E-state index contributed by atoms with van der Waals surface area (Å²) in [6, 6.07) is 6.58. The first kappa shape index (κ1) is 18.6. The van der Waals surface area contributed by atoms with Crippen molar-refractivity contribution in [1.82, 2.24) is 4.90 Å². The van der Waals surface area contributed by atoms with Crippen LogP contribution in [-0.2, 0) is 29.5 Å². The van der Waals surface area contributed by atoms with Crippen LogP contribution < -0.4 is 16.4 Å². The fraction of sp³-hybridized carbons (Fsp3) is 0.474. The molecule has 9 nitrogen and oxygen atoms in total. The predicted octanol–water partition coefficient (Wildman–Crippen LogP) is -1.71. The monoisotopic (exact) mass is 387 g/mol. The van der Waals surface area contributed by atoms with Gasteiger partial charge < -0.3 is 21.1 Å². The van der Waals surface area contributed by atoms with Gasteiger partial charge in [-0.05, 0) is 12.5 Å². The zero-order valence-corrected chi connectivity index (χ0v) is 15.5. The number of benzene rings is 1. The quantitative estimate of drug-likeness (QED) is 0.395. The predicted molar refractivity (Wildman–Crippen MR) is 96.5 cm³/mol. The van der Waals surface area contributed by atoms with Crippen molar-refractivity contribution in [3.8, 4) is 0 Å². The third-order valence-electron chi connectivity index (χ3n) is 6.03. The molecule has 3 heterocycles. The highest BCUT2D eigenvalue weighted by Gasteiger charge is 2.74. The molecule has 2 saturated heterocycles. The smallest absolute Gasteiger partial charge is 0.291 e. The van der Waals surface area contributed by atoms with Crippen molar-refractivity contribution in [3.05, 3.63) is 29.8 Å². The van der Waals surface area contributed by atoms with Gasteiger partial charge in [0.15, 0.2) is 0 Å². The number of quaternary nitrogens is 1. The molecular formula is C19H23N4O5+. The second kappa shape index (κ2) is 6.68. The molecule has 28 heavy (non-hydrogen) atoms. The number of primary amides is 1. The van der Waals surface area contributed by atoms with Crippen LogP contribution in [-0.4, -0.2) is 54.8 Å². The molecule has 1 spiro atoms. The minimum Gasteiger partial charge on any atom is -0.385 e. The van der Waals surface area contributed by atoms with Gasteiger partial charge in [-0.2, -0.15) is 0 Å². The Labute approximate surface area is 161 Å². The van der Waals surface area contributed by atoms with Crippen LogP contribution in [0.4, 0.5) is 5.69 Å². The molecule has 4 rings (SSSR count). The van der Waals surface area contributed by atoms with Gasteiger partial charge in [0.25, 0.3) is 5.91 Å². The van der Waals surface area contributed by atoms with E-state index in [4.69, 9.17) is 10.5 Å². The molecule has 3 aliphatic rings. The number of nitrogens with two attached hydrogens (primary N) is 2. The number of likely N-dealkylation sites (tertiary alicyclic amines) is 1. The summed E-state index contributed by atoms with van der Waals surface area (Å²) in [5.74, 6) is -3.25. The van der Waals surface area contributed by atoms with E-state index in [9.17, 15) is 19.2 Å². The summed E-state index contributed by atoms with van der Waals surface area (Å²) in [5, 5.41) is 4.54. The number of nitrogens with zero attached hydrogens (tertiary/aromatic N) is 1. The minimum absolute atomic E-state index is 0.0801. The van der Waals surface area contributed by atoms with E-state index in [2.05, 4.69) is 5.32 Å². The highest BCUT2D eigenvalue weighted by Crippen LogP contribution is 2.49. The van der Waals surface area contributed by atoms with Crippen molar-refractivity contribution in [1.29, 1.82) is 0 Å². The van der Waals surface area contributed by atoms with E-state index in [1.807, 2.05) is 0 Å².